The molecule has 1 aromatic heterocycles. The summed E-state index contributed by atoms with van der Waals surface area (Å²) in [5.74, 6) is 1.41. The van der Waals surface area contributed by atoms with Crippen molar-refractivity contribution in [3.63, 3.8) is 0 Å². The van der Waals surface area contributed by atoms with E-state index in [0.29, 0.717) is 5.92 Å². The highest BCUT2D eigenvalue weighted by atomic mass is 16.5. The summed E-state index contributed by atoms with van der Waals surface area (Å²) in [6.45, 7) is 3.00. The third kappa shape index (κ3) is 1.99. The van der Waals surface area contributed by atoms with Crippen LogP contribution >= 0.6 is 0 Å². The molecule has 0 aromatic carbocycles. The number of oxazole rings is 1. The summed E-state index contributed by atoms with van der Waals surface area (Å²) in [6.07, 6.45) is 6.45. The minimum atomic E-state index is 0.180. The Balaban J connectivity index is 1.71. The number of hydrogen-bond acceptors (Lipinski definition) is 4. The smallest absolute Gasteiger partial charge is 0.197 e. The van der Waals surface area contributed by atoms with E-state index in [-0.39, 0.29) is 6.10 Å². The number of nitrogens with one attached hydrogen (secondary N) is 1. The Kier molecular flexibility index (Phi) is 2.93. The van der Waals surface area contributed by atoms with Gasteiger partial charge < -0.3 is 14.5 Å². The Hall–Kier alpha value is -0.870. The Bertz CT molecular complexity index is 339. The standard InChI is InChI=1S/C12H18N2O2/c1-2-11(15-7-1)10-8-16-12(14-10)9-3-5-13-6-4-9/h8-9,11,13H,1-7H2. The van der Waals surface area contributed by atoms with E-state index in [4.69, 9.17) is 9.15 Å². The molecule has 88 valence electrons. The van der Waals surface area contributed by atoms with Crippen LogP contribution in [0.15, 0.2) is 10.7 Å². The molecule has 4 heteroatoms. The number of aromatic nitrogens is 1. The monoisotopic (exact) mass is 222 g/mol. The molecule has 0 spiro atoms. The average Bonchev–Trinajstić information content (AvgIpc) is 3.01. The van der Waals surface area contributed by atoms with Gasteiger partial charge in [-0.1, -0.05) is 0 Å². The first-order valence-corrected chi connectivity index (χ1v) is 6.21. The van der Waals surface area contributed by atoms with Crippen LogP contribution in [0.25, 0.3) is 0 Å². The van der Waals surface area contributed by atoms with Gasteiger partial charge >= 0.3 is 0 Å². The summed E-state index contributed by atoms with van der Waals surface area (Å²) in [6, 6.07) is 0. The predicted molar refractivity (Wildman–Crippen MR) is 59.3 cm³/mol. The molecule has 2 fully saturated rings. The number of hydrogen-bond donors (Lipinski definition) is 1. The minimum Gasteiger partial charge on any atom is -0.448 e. The first-order valence-electron chi connectivity index (χ1n) is 6.21. The van der Waals surface area contributed by atoms with Crippen molar-refractivity contribution >= 4 is 0 Å². The zero-order valence-electron chi connectivity index (χ0n) is 9.45. The van der Waals surface area contributed by atoms with Crippen molar-refractivity contribution in [1.82, 2.24) is 10.3 Å². The van der Waals surface area contributed by atoms with Gasteiger partial charge in [0.2, 0.25) is 0 Å². The normalized spacial score (nSPS) is 27.4. The van der Waals surface area contributed by atoms with Crippen LogP contribution in [0.4, 0.5) is 0 Å². The number of rotatable bonds is 2. The summed E-state index contributed by atoms with van der Waals surface area (Å²) in [4.78, 5) is 4.60. The molecular weight excluding hydrogens is 204 g/mol. The van der Waals surface area contributed by atoms with Gasteiger partial charge in [-0.05, 0) is 38.8 Å². The van der Waals surface area contributed by atoms with E-state index < -0.39 is 0 Å². The molecule has 4 nitrogen and oxygen atoms in total. The third-order valence-electron chi connectivity index (χ3n) is 3.49. The predicted octanol–water partition coefficient (Wildman–Crippen LogP) is 1.99. The fraction of sp³-hybridized carbons (Fsp3) is 0.750. The molecule has 1 unspecified atom stereocenters. The molecule has 0 saturated carbocycles. The summed E-state index contributed by atoms with van der Waals surface area (Å²) in [7, 11) is 0. The second kappa shape index (κ2) is 4.55. The molecule has 0 aliphatic carbocycles. The lowest BCUT2D eigenvalue weighted by Crippen LogP contribution is -2.26. The van der Waals surface area contributed by atoms with E-state index in [1.807, 2.05) is 0 Å². The van der Waals surface area contributed by atoms with Crippen LogP contribution in [-0.2, 0) is 4.74 Å². The Morgan fingerprint density at radius 3 is 2.88 bits per heavy atom. The summed E-state index contributed by atoms with van der Waals surface area (Å²) in [5.41, 5.74) is 0.992. The molecule has 0 radical (unpaired) electrons. The molecule has 2 saturated heterocycles. The van der Waals surface area contributed by atoms with Gasteiger partial charge in [-0.25, -0.2) is 4.98 Å². The van der Waals surface area contributed by atoms with Gasteiger partial charge in [0.25, 0.3) is 0 Å². The molecule has 3 heterocycles. The molecule has 1 atom stereocenters. The molecule has 16 heavy (non-hydrogen) atoms. The fourth-order valence-electron chi connectivity index (χ4n) is 2.52. The molecular formula is C12H18N2O2. The van der Waals surface area contributed by atoms with Crippen molar-refractivity contribution < 1.29 is 9.15 Å². The second-order valence-corrected chi connectivity index (χ2v) is 4.64. The maximum Gasteiger partial charge on any atom is 0.197 e. The van der Waals surface area contributed by atoms with Gasteiger partial charge in [0, 0.05) is 12.5 Å². The number of piperidine rings is 1. The summed E-state index contributed by atoms with van der Waals surface area (Å²) >= 11 is 0. The van der Waals surface area contributed by atoms with E-state index in [1.54, 1.807) is 6.26 Å². The Morgan fingerprint density at radius 1 is 1.25 bits per heavy atom. The van der Waals surface area contributed by atoms with Gasteiger partial charge in [0.15, 0.2) is 5.89 Å². The van der Waals surface area contributed by atoms with Gasteiger partial charge in [-0.2, -0.15) is 0 Å². The second-order valence-electron chi connectivity index (χ2n) is 4.64. The zero-order chi connectivity index (χ0) is 10.8. The highest BCUT2D eigenvalue weighted by molar-refractivity contribution is 5.06. The van der Waals surface area contributed by atoms with Crippen molar-refractivity contribution in [1.29, 1.82) is 0 Å². The number of nitrogens with zero attached hydrogens (tertiary/aromatic N) is 1. The lowest BCUT2D eigenvalue weighted by Gasteiger charge is -2.19. The zero-order valence-corrected chi connectivity index (χ0v) is 9.45. The maximum absolute atomic E-state index is 5.60. The largest absolute Gasteiger partial charge is 0.448 e. The Labute approximate surface area is 95.4 Å². The van der Waals surface area contributed by atoms with E-state index in [9.17, 15) is 0 Å². The van der Waals surface area contributed by atoms with E-state index in [1.165, 1.54) is 0 Å². The van der Waals surface area contributed by atoms with Crippen LogP contribution in [0, 0.1) is 0 Å². The van der Waals surface area contributed by atoms with Gasteiger partial charge in [-0.15, -0.1) is 0 Å². The van der Waals surface area contributed by atoms with E-state index in [2.05, 4.69) is 10.3 Å². The van der Waals surface area contributed by atoms with Crippen molar-refractivity contribution in [3.8, 4) is 0 Å². The van der Waals surface area contributed by atoms with Gasteiger partial charge in [0.05, 0.1) is 0 Å². The number of ether oxygens (including phenoxy) is 1. The quantitative estimate of drug-likeness (QED) is 0.831. The van der Waals surface area contributed by atoms with E-state index in [0.717, 1.165) is 57.0 Å². The van der Waals surface area contributed by atoms with Crippen LogP contribution in [0.3, 0.4) is 0 Å². The van der Waals surface area contributed by atoms with Crippen LogP contribution < -0.4 is 5.32 Å². The first-order chi connectivity index (χ1) is 7.93. The van der Waals surface area contributed by atoms with Gasteiger partial charge in [0.1, 0.15) is 18.1 Å². The first kappa shape index (κ1) is 10.3. The van der Waals surface area contributed by atoms with Crippen LogP contribution in [-0.4, -0.2) is 24.7 Å². The van der Waals surface area contributed by atoms with Crippen molar-refractivity contribution in [2.75, 3.05) is 19.7 Å². The van der Waals surface area contributed by atoms with Crippen molar-refractivity contribution in [2.24, 2.45) is 0 Å². The topological polar surface area (TPSA) is 47.3 Å². The van der Waals surface area contributed by atoms with Crippen LogP contribution in [0.5, 0.6) is 0 Å². The highest BCUT2D eigenvalue weighted by Crippen LogP contribution is 2.31. The molecule has 1 N–H and O–H groups in total. The molecule has 2 aliphatic rings. The lowest BCUT2D eigenvalue weighted by molar-refractivity contribution is 0.108. The maximum atomic E-state index is 5.60. The van der Waals surface area contributed by atoms with Crippen LogP contribution in [0.2, 0.25) is 0 Å². The van der Waals surface area contributed by atoms with Gasteiger partial charge in [-0.3, -0.25) is 0 Å². The summed E-state index contributed by atoms with van der Waals surface area (Å²) in [5, 5.41) is 3.35. The SMILES string of the molecule is c1oc(C2CCNCC2)nc1C1CCCO1. The Morgan fingerprint density at radius 2 is 2.12 bits per heavy atom. The third-order valence-corrected chi connectivity index (χ3v) is 3.49. The minimum absolute atomic E-state index is 0.180. The average molecular weight is 222 g/mol. The van der Waals surface area contributed by atoms with Crippen LogP contribution in [0.1, 0.15) is 49.3 Å². The molecule has 3 rings (SSSR count). The van der Waals surface area contributed by atoms with Crippen molar-refractivity contribution in [2.45, 2.75) is 37.7 Å². The fourth-order valence-corrected chi connectivity index (χ4v) is 2.52. The molecule has 1 aromatic rings. The summed E-state index contributed by atoms with van der Waals surface area (Å²) < 4.78 is 11.2. The molecule has 2 aliphatic heterocycles. The van der Waals surface area contributed by atoms with E-state index >= 15 is 0 Å². The molecule has 0 amide bonds. The highest BCUT2D eigenvalue weighted by Gasteiger charge is 2.24. The van der Waals surface area contributed by atoms with Crippen molar-refractivity contribution in [3.05, 3.63) is 17.8 Å². The lowest BCUT2D eigenvalue weighted by atomic mass is 9.98. The molecule has 0 bridgehead atoms.